The minimum atomic E-state index is -4.38. The lowest BCUT2D eigenvalue weighted by Crippen LogP contribution is -2.46. The molecule has 0 aliphatic rings. The van der Waals surface area contributed by atoms with Crippen molar-refractivity contribution in [2.75, 3.05) is 19.8 Å². The second-order valence-electron chi connectivity index (χ2n) is 11.9. The molecule has 0 aromatic heterocycles. The number of phosphoric ester groups is 1. The Balaban J connectivity index is 4.49. The lowest BCUT2D eigenvalue weighted by atomic mass is 10.0. The molecule has 0 aromatic rings. The van der Waals surface area contributed by atoms with Gasteiger partial charge in [0.05, 0.1) is 37.9 Å². The minimum absolute atomic E-state index is 0.0508. The summed E-state index contributed by atoms with van der Waals surface area (Å²) in [4.78, 5) is 22.5. The molecule has 4 atom stereocenters. The van der Waals surface area contributed by atoms with E-state index in [0.717, 1.165) is 38.5 Å². The van der Waals surface area contributed by atoms with E-state index in [4.69, 9.17) is 14.8 Å². The number of aliphatic hydroxyl groups excluding tert-OH is 2. The number of hydrogen-bond donors (Lipinski definition) is 5. The van der Waals surface area contributed by atoms with Crippen LogP contribution in [0.4, 0.5) is 0 Å². The number of nitrogens with one attached hydrogen (secondary N) is 1. The molecular weight excluding hydrogens is 567 g/mol. The van der Waals surface area contributed by atoms with E-state index in [1.165, 1.54) is 89.9 Å². The molecule has 0 fully saturated rings. The number of phosphoric acid groups is 1. The smallest absolute Gasteiger partial charge is 0.393 e. The van der Waals surface area contributed by atoms with Crippen molar-refractivity contribution in [1.82, 2.24) is 5.32 Å². The zero-order chi connectivity index (χ0) is 32.0. The van der Waals surface area contributed by atoms with Crippen molar-refractivity contribution in [3.63, 3.8) is 0 Å². The van der Waals surface area contributed by atoms with Gasteiger partial charge >= 0.3 is 7.82 Å². The molecule has 0 aromatic carbocycles. The van der Waals surface area contributed by atoms with Crippen molar-refractivity contribution in [3.05, 3.63) is 12.2 Å². The molecule has 0 saturated carbocycles. The number of allylic oxidation sites excluding steroid dienone is 1. The zero-order valence-corrected chi connectivity index (χ0v) is 28.5. The predicted octanol–water partition coefficient (Wildman–Crippen LogP) is 7.46. The van der Waals surface area contributed by atoms with Crippen LogP contribution in [-0.2, 0) is 18.4 Å². The Hall–Kier alpha value is -0.800. The summed E-state index contributed by atoms with van der Waals surface area (Å²) in [6, 6.07) is -0.974. The van der Waals surface area contributed by atoms with E-state index >= 15 is 0 Å². The lowest BCUT2D eigenvalue weighted by molar-refractivity contribution is -0.124. The second-order valence-corrected chi connectivity index (χ2v) is 13.4. The first-order chi connectivity index (χ1) is 20.8. The highest BCUT2D eigenvalue weighted by Gasteiger charge is 2.27. The number of carbonyl (C=O) groups is 1. The highest BCUT2D eigenvalue weighted by molar-refractivity contribution is 7.47. The number of carbonyl (C=O) groups excluding carboxylic acids is 1. The van der Waals surface area contributed by atoms with Gasteiger partial charge in [-0.25, -0.2) is 4.57 Å². The molecule has 9 nitrogen and oxygen atoms in total. The summed E-state index contributed by atoms with van der Waals surface area (Å²) in [6.07, 6.45) is 26.0. The summed E-state index contributed by atoms with van der Waals surface area (Å²) in [7, 11) is -4.38. The van der Waals surface area contributed by atoms with Gasteiger partial charge in [-0.05, 0) is 19.3 Å². The fourth-order valence-corrected chi connectivity index (χ4v) is 5.76. The topological polar surface area (TPSA) is 151 Å². The summed E-state index contributed by atoms with van der Waals surface area (Å²) in [6.45, 7) is 3.90. The van der Waals surface area contributed by atoms with Gasteiger partial charge < -0.3 is 26.2 Å². The third kappa shape index (κ3) is 28.4. The molecular formula is C33H67N2O7P. The first-order valence-electron chi connectivity index (χ1n) is 17.4. The van der Waals surface area contributed by atoms with Gasteiger partial charge in [-0.3, -0.25) is 13.8 Å². The second kappa shape index (κ2) is 29.9. The molecule has 6 N–H and O–H groups in total. The molecule has 0 aliphatic heterocycles. The first-order valence-corrected chi connectivity index (χ1v) is 18.9. The van der Waals surface area contributed by atoms with Crippen molar-refractivity contribution < 1.29 is 33.5 Å². The minimum Gasteiger partial charge on any atom is -0.393 e. The van der Waals surface area contributed by atoms with Crippen LogP contribution in [0.5, 0.6) is 0 Å². The Morgan fingerprint density at radius 3 is 1.79 bits per heavy atom. The molecule has 43 heavy (non-hydrogen) atoms. The average molecular weight is 635 g/mol. The molecule has 0 bridgehead atoms. The highest BCUT2D eigenvalue weighted by Crippen LogP contribution is 2.43. The van der Waals surface area contributed by atoms with Crippen molar-refractivity contribution in [1.29, 1.82) is 0 Å². The maximum atomic E-state index is 12.6. The van der Waals surface area contributed by atoms with Gasteiger partial charge in [0.25, 0.3) is 0 Å². The normalized spacial score (nSPS) is 15.4. The molecule has 0 heterocycles. The van der Waals surface area contributed by atoms with Crippen molar-refractivity contribution in [2.45, 2.75) is 173 Å². The molecule has 0 radical (unpaired) electrons. The largest absolute Gasteiger partial charge is 0.472 e. The van der Waals surface area contributed by atoms with Gasteiger partial charge in [0.15, 0.2) is 0 Å². The van der Waals surface area contributed by atoms with E-state index in [1.54, 1.807) is 6.08 Å². The Morgan fingerprint density at radius 1 is 0.791 bits per heavy atom. The molecule has 1 amide bonds. The maximum absolute atomic E-state index is 12.6. The van der Waals surface area contributed by atoms with Crippen LogP contribution < -0.4 is 11.1 Å². The fraction of sp³-hybridized carbons (Fsp3) is 0.909. The van der Waals surface area contributed by atoms with Gasteiger partial charge in [-0.1, -0.05) is 142 Å². The maximum Gasteiger partial charge on any atom is 0.472 e. The number of nitrogens with two attached hydrogens (primary N) is 1. The predicted molar refractivity (Wildman–Crippen MR) is 177 cm³/mol. The van der Waals surface area contributed by atoms with Crippen LogP contribution in [0.3, 0.4) is 0 Å². The van der Waals surface area contributed by atoms with Crippen LogP contribution in [-0.4, -0.2) is 59.0 Å². The summed E-state index contributed by atoms with van der Waals surface area (Å²) in [5.41, 5.74) is 5.32. The molecule has 10 heteroatoms. The Morgan fingerprint density at radius 2 is 1.28 bits per heavy atom. The van der Waals surface area contributed by atoms with E-state index in [2.05, 4.69) is 19.2 Å². The molecule has 4 unspecified atom stereocenters. The van der Waals surface area contributed by atoms with E-state index in [9.17, 15) is 24.5 Å². The van der Waals surface area contributed by atoms with E-state index in [0.29, 0.717) is 6.42 Å². The summed E-state index contributed by atoms with van der Waals surface area (Å²) in [5.74, 6) is -0.451. The van der Waals surface area contributed by atoms with Gasteiger partial charge in [0.1, 0.15) is 0 Å². The van der Waals surface area contributed by atoms with Crippen LogP contribution in [0.25, 0.3) is 0 Å². The van der Waals surface area contributed by atoms with Gasteiger partial charge in [-0.2, -0.15) is 0 Å². The Bertz CT molecular complexity index is 711. The Kier molecular flexibility index (Phi) is 29.3. The molecule has 0 spiro atoms. The fourth-order valence-electron chi connectivity index (χ4n) is 5.00. The molecule has 0 saturated heterocycles. The molecule has 0 aliphatic carbocycles. The lowest BCUT2D eigenvalue weighted by Gasteiger charge is -2.24. The van der Waals surface area contributed by atoms with Gasteiger partial charge in [0.2, 0.25) is 5.91 Å². The standard InChI is InChI=1S/C33H67N2O7P/c1-3-5-7-9-11-12-13-14-15-16-17-19-21-23-25-32(37)31(29-42-43(39,40)41-27-26-34)35-33(38)28-30(36)24-22-20-18-10-8-6-4-2/h23,25,30-32,36-37H,3-22,24,26-29,34H2,1-2H3,(H,35,38)(H,39,40)/b25-23+. The summed E-state index contributed by atoms with van der Waals surface area (Å²) < 4.78 is 21.9. The van der Waals surface area contributed by atoms with Crippen molar-refractivity contribution in [2.24, 2.45) is 5.73 Å². The number of aliphatic hydroxyl groups is 2. The van der Waals surface area contributed by atoms with E-state index < -0.39 is 38.6 Å². The van der Waals surface area contributed by atoms with Crippen molar-refractivity contribution >= 4 is 13.7 Å². The SMILES string of the molecule is CCCCCCCCCCCCCC/C=C/C(O)C(COP(=O)(O)OCCN)NC(=O)CC(O)CCCCCCCCC. The third-order valence-electron chi connectivity index (χ3n) is 7.67. The number of amides is 1. The molecule has 0 rings (SSSR count). The van der Waals surface area contributed by atoms with Gasteiger partial charge in [-0.15, -0.1) is 0 Å². The van der Waals surface area contributed by atoms with Gasteiger partial charge in [0, 0.05) is 6.54 Å². The van der Waals surface area contributed by atoms with Crippen LogP contribution in [0.2, 0.25) is 0 Å². The monoisotopic (exact) mass is 634 g/mol. The van der Waals surface area contributed by atoms with Crippen LogP contribution in [0.1, 0.15) is 155 Å². The molecule has 256 valence electrons. The van der Waals surface area contributed by atoms with Crippen LogP contribution >= 0.6 is 7.82 Å². The highest BCUT2D eigenvalue weighted by atomic mass is 31.2. The number of hydrogen-bond acceptors (Lipinski definition) is 7. The third-order valence-corrected chi connectivity index (χ3v) is 8.65. The van der Waals surface area contributed by atoms with Crippen molar-refractivity contribution in [3.8, 4) is 0 Å². The van der Waals surface area contributed by atoms with E-state index in [1.807, 2.05) is 6.08 Å². The average Bonchev–Trinajstić information content (AvgIpc) is 2.97. The zero-order valence-electron chi connectivity index (χ0n) is 27.6. The quantitative estimate of drug-likeness (QED) is 0.0290. The number of rotatable bonds is 32. The number of unbranched alkanes of at least 4 members (excludes halogenated alkanes) is 18. The van der Waals surface area contributed by atoms with E-state index in [-0.39, 0.29) is 19.6 Å². The van der Waals surface area contributed by atoms with Crippen LogP contribution in [0, 0.1) is 0 Å². The van der Waals surface area contributed by atoms with Crippen LogP contribution in [0.15, 0.2) is 12.2 Å². The Labute approximate surface area is 263 Å². The summed E-state index contributed by atoms with van der Waals surface area (Å²) >= 11 is 0. The summed E-state index contributed by atoms with van der Waals surface area (Å²) in [5, 5.41) is 23.7. The first kappa shape index (κ1) is 42.2.